The average Bonchev–Trinajstić information content (AvgIpc) is 3.21. The zero-order valence-electron chi connectivity index (χ0n) is 11.8. The fourth-order valence-corrected chi connectivity index (χ4v) is 3.03. The molecule has 1 aromatic heterocycles. The van der Waals surface area contributed by atoms with Crippen LogP contribution in [0.25, 0.3) is 11.3 Å². The van der Waals surface area contributed by atoms with E-state index in [2.05, 4.69) is 33.5 Å². The lowest BCUT2D eigenvalue weighted by Crippen LogP contribution is -2.16. The van der Waals surface area contributed by atoms with Crippen LogP contribution in [0.3, 0.4) is 0 Å². The minimum absolute atomic E-state index is 0.729. The lowest BCUT2D eigenvalue weighted by Gasteiger charge is -2.16. The highest BCUT2D eigenvalue weighted by Gasteiger charge is 2.20. The zero-order valence-corrected chi connectivity index (χ0v) is 11.8. The predicted molar refractivity (Wildman–Crippen MR) is 80.5 cm³/mol. The minimum atomic E-state index is 0.729. The summed E-state index contributed by atoms with van der Waals surface area (Å²) in [6.07, 6.45) is 9.75. The average molecular weight is 267 g/mol. The molecule has 20 heavy (non-hydrogen) atoms. The van der Waals surface area contributed by atoms with Crippen LogP contribution in [0.4, 0.5) is 0 Å². The first-order chi connectivity index (χ1) is 9.88. The molecule has 1 heterocycles. The van der Waals surface area contributed by atoms with E-state index in [0.717, 1.165) is 24.1 Å². The lowest BCUT2D eigenvalue weighted by molar-refractivity contribution is 0.664. The maximum Gasteiger partial charge on any atom is 0.120 e. The summed E-state index contributed by atoms with van der Waals surface area (Å²) in [6, 6.07) is 7.61. The Bertz CT molecular complexity index is 610. The molecule has 3 heteroatoms. The fraction of sp³-hybridized carbons (Fsp3) is 0.471. The minimum Gasteiger partial charge on any atom is -0.341 e. The second kappa shape index (κ2) is 5.06. The van der Waals surface area contributed by atoms with E-state index >= 15 is 0 Å². The number of nitrogens with zero attached hydrogens (tertiary/aromatic N) is 1. The number of imidazole rings is 1. The molecule has 0 bridgehead atoms. The smallest absolute Gasteiger partial charge is 0.120 e. The van der Waals surface area contributed by atoms with Gasteiger partial charge in [-0.25, -0.2) is 4.98 Å². The van der Waals surface area contributed by atoms with Gasteiger partial charge in [0.15, 0.2) is 0 Å². The van der Waals surface area contributed by atoms with Crippen molar-refractivity contribution in [3.8, 4) is 11.3 Å². The number of benzene rings is 1. The highest BCUT2D eigenvalue weighted by Crippen LogP contribution is 2.26. The molecule has 0 saturated heterocycles. The van der Waals surface area contributed by atoms with Crippen molar-refractivity contribution in [1.29, 1.82) is 0 Å². The molecule has 0 aliphatic heterocycles. The summed E-state index contributed by atoms with van der Waals surface area (Å²) in [5, 5.41) is 3.49. The quantitative estimate of drug-likeness (QED) is 0.893. The first-order valence-corrected chi connectivity index (χ1v) is 7.78. The maximum absolute atomic E-state index is 4.49. The molecule has 2 aromatic rings. The first kappa shape index (κ1) is 12.2. The normalized spacial score (nSPS) is 18.0. The molecule has 2 N–H and O–H groups in total. The maximum atomic E-state index is 4.49. The van der Waals surface area contributed by atoms with Crippen LogP contribution >= 0.6 is 0 Å². The number of fused-ring (bicyclic) bond motifs is 1. The number of hydrogen-bond acceptors (Lipinski definition) is 2. The molecule has 4 rings (SSSR count). The van der Waals surface area contributed by atoms with Crippen molar-refractivity contribution >= 4 is 0 Å². The molecule has 0 unspecified atom stereocenters. The molecule has 104 valence electrons. The Kier molecular flexibility index (Phi) is 3.07. The van der Waals surface area contributed by atoms with Gasteiger partial charge in [0.05, 0.1) is 18.4 Å². The molecule has 1 fully saturated rings. The molecule has 0 radical (unpaired) electrons. The van der Waals surface area contributed by atoms with Crippen LogP contribution in [0, 0.1) is 0 Å². The molecule has 1 aromatic carbocycles. The second-order valence-corrected chi connectivity index (χ2v) is 6.09. The van der Waals surface area contributed by atoms with Gasteiger partial charge in [-0.05, 0) is 61.3 Å². The van der Waals surface area contributed by atoms with E-state index in [0.29, 0.717) is 0 Å². The van der Waals surface area contributed by atoms with Crippen molar-refractivity contribution in [2.75, 3.05) is 0 Å². The van der Waals surface area contributed by atoms with Crippen LogP contribution in [0.2, 0.25) is 0 Å². The van der Waals surface area contributed by atoms with Gasteiger partial charge in [-0.1, -0.05) is 12.1 Å². The highest BCUT2D eigenvalue weighted by molar-refractivity contribution is 5.60. The summed E-state index contributed by atoms with van der Waals surface area (Å²) in [7, 11) is 0. The molecular formula is C17H21N3. The van der Waals surface area contributed by atoms with Gasteiger partial charge in [0.1, 0.15) is 5.82 Å². The van der Waals surface area contributed by atoms with Crippen molar-refractivity contribution in [3.63, 3.8) is 0 Å². The summed E-state index contributed by atoms with van der Waals surface area (Å²) < 4.78 is 0. The van der Waals surface area contributed by atoms with Crippen LogP contribution < -0.4 is 5.32 Å². The van der Waals surface area contributed by atoms with Crippen molar-refractivity contribution < 1.29 is 0 Å². The third kappa shape index (κ3) is 2.50. The van der Waals surface area contributed by atoms with E-state index in [1.807, 2.05) is 6.20 Å². The molecule has 0 amide bonds. The Labute approximate surface area is 119 Å². The summed E-state index contributed by atoms with van der Waals surface area (Å²) in [6.45, 7) is 0.857. The predicted octanol–water partition coefficient (Wildman–Crippen LogP) is 3.21. The van der Waals surface area contributed by atoms with E-state index in [4.69, 9.17) is 0 Å². The van der Waals surface area contributed by atoms with Crippen molar-refractivity contribution in [3.05, 3.63) is 41.3 Å². The van der Waals surface area contributed by atoms with E-state index in [1.165, 1.54) is 55.2 Å². The number of H-pyrrole nitrogens is 1. The Hall–Kier alpha value is -1.61. The Balaban J connectivity index is 1.53. The topological polar surface area (TPSA) is 40.7 Å². The van der Waals surface area contributed by atoms with Gasteiger partial charge in [-0.15, -0.1) is 0 Å². The Morgan fingerprint density at radius 1 is 1.15 bits per heavy atom. The van der Waals surface area contributed by atoms with Gasteiger partial charge in [-0.2, -0.15) is 0 Å². The number of aromatic amines is 1. The standard InChI is InChI=1S/C17H21N3/c1-2-4-13-9-14(6-5-12(13)3-1)16-10-19-17(20-16)11-18-15-7-8-15/h5-6,9-10,15,18H,1-4,7-8,11H2,(H,19,20). The van der Waals surface area contributed by atoms with Gasteiger partial charge < -0.3 is 10.3 Å². The first-order valence-electron chi connectivity index (χ1n) is 7.78. The van der Waals surface area contributed by atoms with Crippen molar-refractivity contribution in [2.45, 2.75) is 51.1 Å². The van der Waals surface area contributed by atoms with Gasteiger partial charge in [-0.3, -0.25) is 0 Å². The van der Waals surface area contributed by atoms with E-state index in [1.54, 1.807) is 0 Å². The van der Waals surface area contributed by atoms with Gasteiger partial charge in [0, 0.05) is 6.04 Å². The summed E-state index contributed by atoms with van der Waals surface area (Å²) >= 11 is 0. The third-order valence-electron chi connectivity index (χ3n) is 4.42. The van der Waals surface area contributed by atoms with Gasteiger partial charge in [0.25, 0.3) is 0 Å². The SMILES string of the molecule is c1cc2c(cc1-c1cnc(CNC3CC3)[nH]1)CCCC2. The number of aryl methyl sites for hydroxylation is 2. The molecule has 2 aliphatic rings. The molecule has 1 saturated carbocycles. The summed E-state index contributed by atoms with van der Waals surface area (Å²) in [4.78, 5) is 7.93. The monoisotopic (exact) mass is 267 g/mol. The summed E-state index contributed by atoms with van der Waals surface area (Å²) in [5.74, 6) is 1.05. The Morgan fingerprint density at radius 3 is 2.85 bits per heavy atom. The third-order valence-corrected chi connectivity index (χ3v) is 4.42. The fourth-order valence-electron chi connectivity index (χ4n) is 3.03. The van der Waals surface area contributed by atoms with Crippen LogP contribution in [-0.4, -0.2) is 16.0 Å². The van der Waals surface area contributed by atoms with E-state index in [-0.39, 0.29) is 0 Å². The van der Waals surface area contributed by atoms with Crippen LogP contribution in [-0.2, 0) is 19.4 Å². The number of rotatable bonds is 4. The van der Waals surface area contributed by atoms with Crippen LogP contribution in [0.15, 0.2) is 24.4 Å². The van der Waals surface area contributed by atoms with E-state index in [9.17, 15) is 0 Å². The van der Waals surface area contributed by atoms with E-state index < -0.39 is 0 Å². The van der Waals surface area contributed by atoms with Gasteiger partial charge >= 0.3 is 0 Å². The zero-order chi connectivity index (χ0) is 13.4. The van der Waals surface area contributed by atoms with Crippen LogP contribution in [0.1, 0.15) is 42.6 Å². The van der Waals surface area contributed by atoms with Crippen LogP contribution in [0.5, 0.6) is 0 Å². The van der Waals surface area contributed by atoms with Gasteiger partial charge in [0.2, 0.25) is 0 Å². The van der Waals surface area contributed by atoms with Crippen molar-refractivity contribution in [1.82, 2.24) is 15.3 Å². The number of hydrogen-bond donors (Lipinski definition) is 2. The lowest BCUT2D eigenvalue weighted by atomic mass is 9.90. The molecule has 3 nitrogen and oxygen atoms in total. The number of nitrogens with one attached hydrogen (secondary N) is 2. The molecule has 0 atom stereocenters. The molecule has 2 aliphatic carbocycles. The Morgan fingerprint density at radius 2 is 2.00 bits per heavy atom. The number of aromatic nitrogens is 2. The summed E-state index contributed by atoms with van der Waals surface area (Å²) in [5.41, 5.74) is 5.48. The van der Waals surface area contributed by atoms with Crippen molar-refractivity contribution in [2.24, 2.45) is 0 Å². The largest absolute Gasteiger partial charge is 0.341 e. The second-order valence-electron chi connectivity index (χ2n) is 6.09. The molecular weight excluding hydrogens is 246 g/mol. The molecule has 0 spiro atoms. The highest BCUT2D eigenvalue weighted by atomic mass is 15.0.